The van der Waals surface area contributed by atoms with E-state index in [0.717, 1.165) is 22.3 Å². The summed E-state index contributed by atoms with van der Waals surface area (Å²) in [6.45, 7) is 0. The fourth-order valence-electron chi connectivity index (χ4n) is 2.78. The summed E-state index contributed by atoms with van der Waals surface area (Å²) in [6.07, 6.45) is 5.20. The molecule has 6 heteroatoms. The van der Waals surface area contributed by atoms with Crippen LogP contribution in [0.3, 0.4) is 0 Å². The number of nitrogens with zero attached hydrogens (tertiary/aromatic N) is 3. The number of hydrogen-bond acceptors (Lipinski definition) is 3. The van der Waals surface area contributed by atoms with E-state index in [-0.39, 0.29) is 10.8 Å². The first kappa shape index (κ1) is 15.4. The van der Waals surface area contributed by atoms with Crippen molar-refractivity contribution in [2.45, 2.75) is 0 Å². The molecule has 3 heterocycles. The van der Waals surface area contributed by atoms with Gasteiger partial charge in [-0.1, -0.05) is 48.0 Å². The molecule has 4 rings (SSSR count). The normalized spacial score (nSPS) is 10.9. The molecule has 0 unspecified atom stereocenters. The van der Waals surface area contributed by atoms with Crippen LogP contribution < -0.4 is 0 Å². The zero-order chi connectivity index (χ0) is 17.4. The SMILES string of the molecule is O=C(O)c1nc2c(-c3cccnc3)cc(-c3ccccc3)cn2c1Cl. The average molecular weight is 350 g/mol. The number of hydrogen-bond donors (Lipinski definition) is 1. The smallest absolute Gasteiger partial charge is 0.357 e. The van der Waals surface area contributed by atoms with Gasteiger partial charge in [0.25, 0.3) is 0 Å². The van der Waals surface area contributed by atoms with Gasteiger partial charge in [-0.15, -0.1) is 0 Å². The number of aromatic carboxylic acids is 1. The lowest BCUT2D eigenvalue weighted by molar-refractivity contribution is 0.0691. The monoisotopic (exact) mass is 349 g/mol. The van der Waals surface area contributed by atoms with E-state index in [2.05, 4.69) is 9.97 Å². The van der Waals surface area contributed by atoms with Gasteiger partial charge in [0, 0.05) is 29.7 Å². The van der Waals surface area contributed by atoms with Gasteiger partial charge in [0.2, 0.25) is 0 Å². The Morgan fingerprint density at radius 1 is 1.04 bits per heavy atom. The molecule has 1 N–H and O–H groups in total. The molecule has 3 aromatic heterocycles. The Labute approximate surface area is 148 Å². The number of aromatic nitrogens is 3. The van der Waals surface area contributed by atoms with Crippen LogP contribution in [0.5, 0.6) is 0 Å². The zero-order valence-electron chi connectivity index (χ0n) is 12.9. The summed E-state index contributed by atoms with van der Waals surface area (Å²) in [5, 5.41) is 9.42. The largest absolute Gasteiger partial charge is 0.476 e. The second-order valence-electron chi connectivity index (χ2n) is 5.50. The van der Waals surface area contributed by atoms with Gasteiger partial charge < -0.3 is 5.11 Å². The Balaban J connectivity index is 2.07. The zero-order valence-corrected chi connectivity index (χ0v) is 13.7. The molecule has 4 aromatic rings. The summed E-state index contributed by atoms with van der Waals surface area (Å²) >= 11 is 6.28. The number of carboxylic acid groups (broad SMARTS) is 1. The third-order valence-electron chi connectivity index (χ3n) is 3.94. The van der Waals surface area contributed by atoms with Gasteiger partial charge in [-0.3, -0.25) is 9.38 Å². The van der Waals surface area contributed by atoms with Crippen LogP contribution in [0.2, 0.25) is 5.15 Å². The van der Waals surface area contributed by atoms with Crippen molar-refractivity contribution in [3.63, 3.8) is 0 Å². The number of imidazole rings is 1. The van der Waals surface area contributed by atoms with Crippen LogP contribution >= 0.6 is 11.6 Å². The molecule has 0 fully saturated rings. The molecule has 0 saturated heterocycles. The second-order valence-corrected chi connectivity index (χ2v) is 5.86. The first-order valence-electron chi connectivity index (χ1n) is 7.56. The molecule has 0 spiro atoms. The highest BCUT2D eigenvalue weighted by Crippen LogP contribution is 2.32. The van der Waals surface area contributed by atoms with Crippen LogP contribution in [-0.4, -0.2) is 25.4 Å². The highest BCUT2D eigenvalue weighted by Gasteiger charge is 2.20. The van der Waals surface area contributed by atoms with E-state index < -0.39 is 5.97 Å². The van der Waals surface area contributed by atoms with Crippen molar-refractivity contribution in [1.82, 2.24) is 14.4 Å². The van der Waals surface area contributed by atoms with Gasteiger partial charge in [0.05, 0.1) is 0 Å². The lowest BCUT2D eigenvalue weighted by atomic mass is 10.0. The molecular weight excluding hydrogens is 338 g/mol. The lowest BCUT2D eigenvalue weighted by Crippen LogP contribution is -1.96. The van der Waals surface area contributed by atoms with E-state index >= 15 is 0 Å². The summed E-state index contributed by atoms with van der Waals surface area (Å²) in [4.78, 5) is 19.8. The van der Waals surface area contributed by atoms with Gasteiger partial charge in [0.15, 0.2) is 5.69 Å². The van der Waals surface area contributed by atoms with Gasteiger partial charge in [-0.05, 0) is 23.3 Å². The van der Waals surface area contributed by atoms with Crippen LogP contribution in [0.1, 0.15) is 10.5 Å². The number of benzene rings is 1. The van der Waals surface area contributed by atoms with Crippen molar-refractivity contribution in [1.29, 1.82) is 0 Å². The highest BCUT2D eigenvalue weighted by molar-refractivity contribution is 6.32. The van der Waals surface area contributed by atoms with E-state index in [1.807, 2.05) is 48.5 Å². The molecule has 5 nitrogen and oxygen atoms in total. The molecule has 122 valence electrons. The maximum atomic E-state index is 11.4. The standard InChI is InChI=1S/C19H12ClN3O2/c20-17-16(19(24)25)22-18-15(13-7-4-8-21-10-13)9-14(11-23(17)18)12-5-2-1-3-6-12/h1-11H,(H,24,25). The molecule has 0 radical (unpaired) electrons. The van der Waals surface area contributed by atoms with Gasteiger partial charge in [-0.25, -0.2) is 9.78 Å². The maximum absolute atomic E-state index is 11.4. The Hall–Kier alpha value is -3.18. The van der Waals surface area contributed by atoms with Crippen molar-refractivity contribution in [3.8, 4) is 22.3 Å². The summed E-state index contributed by atoms with van der Waals surface area (Å²) in [5.74, 6) is -1.16. The van der Waals surface area contributed by atoms with Crippen LogP contribution in [0.25, 0.3) is 27.9 Å². The Morgan fingerprint density at radius 2 is 1.80 bits per heavy atom. The van der Waals surface area contributed by atoms with E-state index in [4.69, 9.17) is 11.6 Å². The predicted molar refractivity (Wildman–Crippen MR) is 95.8 cm³/mol. The summed E-state index contributed by atoms with van der Waals surface area (Å²) in [5.41, 5.74) is 3.82. The minimum atomic E-state index is -1.16. The number of rotatable bonds is 3. The van der Waals surface area contributed by atoms with Crippen molar-refractivity contribution >= 4 is 23.2 Å². The molecule has 0 saturated carbocycles. The number of pyridine rings is 2. The quantitative estimate of drug-likeness (QED) is 0.594. The molecule has 25 heavy (non-hydrogen) atoms. The predicted octanol–water partition coefficient (Wildman–Crippen LogP) is 4.41. The third-order valence-corrected chi connectivity index (χ3v) is 4.31. The molecule has 0 aliphatic carbocycles. The van der Waals surface area contributed by atoms with Crippen LogP contribution in [0, 0.1) is 0 Å². The molecular formula is C19H12ClN3O2. The van der Waals surface area contributed by atoms with E-state index in [0.29, 0.717) is 5.65 Å². The van der Waals surface area contributed by atoms with Crippen LogP contribution in [0.15, 0.2) is 67.1 Å². The first-order chi connectivity index (χ1) is 12.1. The van der Waals surface area contributed by atoms with Gasteiger partial charge >= 0.3 is 5.97 Å². The number of halogens is 1. The van der Waals surface area contributed by atoms with Crippen LogP contribution in [-0.2, 0) is 0 Å². The van der Waals surface area contributed by atoms with E-state index in [1.54, 1.807) is 23.0 Å². The van der Waals surface area contributed by atoms with Crippen molar-refractivity contribution in [2.75, 3.05) is 0 Å². The van der Waals surface area contributed by atoms with E-state index in [1.165, 1.54) is 0 Å². The van der Waals surface area contributed by atoms with Crippen molar-refractivity contribution in [3.05, 3.63) is 78.0 Å². The van der Waals surface area contributed by atoms with Gasteiger partial charge in [-0.2, -0.15) is 0 Å². The third kappa shape index (κ3) is 2.64. The van der Waals surface area contributed by atoms with E-state index in [9.17, 15) is 9.90 Å². The first-order valence-corrected chi connectivity index (χ1v) is 7.93. The Bertz CT molecular complexity index is 1080. The minimum absolute atomic E-state index is 0.0745. The molecule has 1 aromatic carbocycles. The fourth-order valence-corrected chi connectivity index (χ4v) is 3.03. The van der Waals surface area contributed by atoms with Crippen molar-refractivity contribution in [2.24, 2.45) is 0 Å². The second kappa shape index (κ2) is 6.03. The molecule has 0 bridgehead atoms. The number of carboxylic acids is 1. The van der Waals surface area contributed by atoms with Gasteiger partial charge in [0.1, 0.15) is 10.8 Å². The Kier molecular flexibility index (Phi) is 3.71. The maximum Gasteiger partial charge on any atom is 0.357 e. The fraction of sp³-hybridized carbons (Fsp3) is 0. The lowest BCUT2D eigenvalue weighted by Gasteiger charge is -2.09. The van der Waals surface area contributed by atoms with Crippen molar-refractivity contribution < 1.29 is 9.90 Å². The number of carbonyl (C=O) groups is 1. The molecule has 0 aliphatic rings. The topological polar surface area (TPSA) is 67.5 Å². The number of fused-ring (bicyclic) bond motifs is 1. The molecule has 0 aliphatic heterocycles. The molecule has 0 amide bonds. The summed E-state index contributed by atoms with van der Waals surface area (Å²) in [6, 6.07) is 15.5. The summed E-state index contributed by atoms with van der Waals surface area (Å²) in [7, 11) is 0. The Morgan fingerprint density at radius 3 is 2.48 bits per heavy atom. The summed E-state index contributed by atoms with van der Waals surface area (Å²) < 4.78 is 1.61. The minimum Gasteiger partial charge on any atom is -0.476 e. The highest BCUT2D eigenvalue weighted by atomic mass is 35.5. The van der Waals surface area contributed by atoms with Crippen LogP contribution in [0.4, 0.5) is 0 Å². The molecule has 0 atom stereocenters. The average Bonchev–Trinajstić information content (AvgIpc) is 2.99.